The Morgan fingerprint density at radius 3 is 2.80 bits per heavy atom. The van der Waals surface area contributed by atoms with Crippen LogP contribution < -0.4 is 5.73 Å². The SMILES string of the molecule is CC(C)(C)OC(=O)C(N)Cc1ccsn1. The van der Waals surface area contributed by atoms with Crippen LogP contribution in [0.1, 0.15) is 26.5 Å². The fraction of sp³-hybridized carbons (Fsp3) is 0.600. The van der Waals surface area contributed by atoms with Gasteiger partial charge >= 0.3 is 5.97 Å². The van der Waals surface area contributed by atoms with Crippen LogP contribution in [0.3, 0.4) is 0 Å². The highest BCUT2D eigenvalue weighted by Crippen LogP contribution is 2.10. The predicted octanol–water partition coefficient (Wildman–Crippen LogP) is 1.35. The molecule has 5 heteroatoms. The molecule has 1 heterocycles. The van der Waals surface area contributed by atoms with Crippen LogP contribution in [0.15, 0.2) is 11.4 Å². The molecule has 1 aromatic heterocycles. The molecule has 0 saturated carbocycles. The number of esters is 1. The summed E-state index contributed by atoms with van der Waals surface area (Å²) in [6.07, 6.45) is 0.429. The van der Waals surface area contributed by atoms with E-state index >= 15 is 0 Å². The molecular formula is C10H16N2O2S. The Balaban J connectivity index is 2.47. The summed E-state index contributed by atoms with van der Waals surface area (Å²) in [5.74, 6) is -0.379. The van der Waals surface area contributed by atoms with Crippen LogP contribution >= 0.6 is 11.5 Å². The number of aromatic nitrogens is 1. The second-order valence-electron chi connectivity index (χ2n) is 4.33. The molecule has 0 saturated heterocycles. The standard InChI is InChI=1S/C10H16N2O2S/c1-10(2,3)14-9(13)8(11)6-7-4-5-15-12-7/h4-5,8H,6,11H2,1-3H3. The van der Waals surface area contributed by atoms with Crippen LogP contribution in [0.2, 0.25) is 0 Å². The Hall–Kier alpha value is -0.940. The van der Waals surface area contributed by atoms with E-state index in [4.69, 9.17) is 10.5 Å². The molecule has 1 aromatic rings. The van der Waals surface area contributed by atoms with Gasteiger partial charge in [0, 0.05) is 11.8 Å². The van der Waals surface area contributed by atoms with E-state index in [1.807, 2.05) is 32.2 Å². The van der Waals surface area contributed by atoms with Gasteiger partial charge in [0.05, 0.1) is 5.69 Å². The maximum Gasteiger partial charge on any atom is 0.323 e. The Bertz CT molecular complexity index is 317. The fourth-order valence-corrected chi connectivity index (χ4v) is 1.58. The third-order valence-electron chi connectivity index (χ3n) is 1.63. The van der Waals surface area contributed by atoms with Crippen molar-refractivity contribution < 1.29 is 9.53 Å². The fourth-order valence-electron chi connectivity index (χ4n) is 1.03. The monoisotopic (exact) mass is 228 g/mol. The van der Waals surface area contributed by atoms with Crippen molar-refractivity contribution >= 4 is 17.5 Å². The van der Waals surface area contributed by atoms with E-state index in [2.05, 4.69) is 4.37 Å². The van der Waals surface area contributed by atoms with Crippen molar-refractivity contribution in [3.63, 3.8) is 0 Å². The molecule has 15 heavy (non-hydrogen) atoms. The zero-order valence-corrected chi connectivity index (χ0v) is 10.0. The van der Waals surface area contributed by atoms with Gasteiger partial charge in [-0.2, -0.15) is 4.37 Å². The molecule has 0 amide bonds. The minimum Gasteiger partial charge on any atom is -0.459 e. The molecule has 0 aliphatic heterocycles. The number of carbonyl (C=O) groups is 1. The van der Waals surface area contributed by atoms with E-state index in [-0.39, 0.29) is 5.97 Å². The average molecular weight is 228 g/mol. The molecule has 0 spiro atoms. The van der Waals surface area contributed by atoms with E-state index in [0.29, 0.717) is 6.42 Å². The number of nitrogens with two attached hydrogens (primary N) is 1. The largest absolute Gasteiger partial charge is 0.459 e. The molecule has 0 fully saturated rings. The number of ether oxygens (including phenoxy) is 1. The number of carbonyl (C=O) groups excluding carboxylic acids is 1. The first kappa shape index (κ1) is 12.1. The number of rotatable bonds is 3. The van der Waals surface area contributed by atoms with Crippen molar-refractivity contribution in [1.29, 1.82) is 0 Å². The van der Waals surface area contributed by atoms with E-state index in [1.54, 1.807) is 0 Å². The van der Waals surface area contributed by atoms with Crippen molar-refractivity contribution in [2.75, 3.05) is 0 Å². The van der Waals surface area contributed by atoms with E-state index in [9.17, 15) is 4.79 Å². The Morgan fingerprint density at radius 1 is 1.67 bits per heavy atom. The molecule has 2 N–H and O–H groups in total. The lowest BCUT2D eigenvalue weighted by atomic mass is 10.1. The molecule has 84 valence electrons. The maximum atomic E-state index is 11.5. The first-order valence-electron chi connectivity index (χ1n) is 4.76. The molecule has 0 radical (unpaired) electrons. The Kier molecular flexibility index (Phi) is 3.82. The minimum atomic E-state index is -0.633. The van der Waals surface area contributed by atoms with Crippen LogP contribution in [-0.4, -0.2) is 22.0 Å². The third kappa shape index (κ3) is 4.40. The van der Waals surface area contributed by atoms with Crippen LogP contribution in [0.5, 0.6) is 0 Å². The van der Waals surface area contributed by atoms with Gasteiger partial charge in [0.2, 0.25) is 0 Å². The first-order valence-corrected chi connectivity index (χ1v) is 5.60. The van der Waals surface area contributed by atoms with Gasteiger partial charge in [-0.15, -0.1) is 0 Å². The molecule has 0 aromatic carbocycles. The molecule has 0 aliphatic rings. The van der Waals surface area contributed by atoms with Gasteiger partial charge in [0.25, 0.3) is 0 Å². The average Bonchev–Trinajstić information content (AvgIpc) is 2.53. The molecule has 1 atom stereocenters. The number of hydrogen-bond donors (Lipinski definition) is 1. The van der Waals surface area contributed by atoms with Crippen molar-refractivity contribution in [3.05, 3.63) is 17.1 Å². The smallest absolute Gasteiger partial charge is 0.323 e. The highest BCUT2D eigenvalue weighted by Gasteiger charge is 2.22. The second-order valence-corrected chi connectivity index (χ2v) is 5.00. The van der Waals surface area contributed by atoms with E-state index in [0.717, 1.165) is 5.69 Å². The molecule has 1 unspecified atom stereocenters. The highest BCUT2D eigenvalue weighted by molar-refractivity contribution is 7.03. The van der Waals surface area contributed by atoms with Gasteiger partial charge in [0.1, 0.15) is 11.6 Å². The lowest BCUT2D eigenvalue weighted by Crippen LogP contribution is -2.38. The summed E-state index contributed by atoms with van der Waals surface area (Å²) < 4.78 is 9.25. The second kappa shape index (κ2) is 4.72. The van der Waals surface area contributed by atoms with Crippen molar-refractivity contribution in [3.8, 4) is 0 Å². The highest BCUT2D eigenvalue weighted by atomic mass is 32.1. The maximum absolute atomic E-state index is 11.5. The van der Waals surface area contributed by atoms with E-state index in [1.165, 1.54) is 11.5 Å². The van der Waals surface area contributed by atoms with Crippen LogP contribution in [0.25, 0.3) is 0 Å². The summed E-state index contributed by atoms with van der Waals surface area (Å²) in [4.78, 5) is 11.5. The van der Waals surface area contributed by atoms with Gasteiger partial charge in [-0.3, -0.25) is 4.79 Å². The zero-order chi connectivity index (χ0) is 11.5. The Labute approximate surface area is 93.6 Å². The van der Waals surface area contributed by atoms with Crippen molar-refractivity contribution in [2.24, 2.45) is 5.73 Å². The predicted molar refractivity (Wildman–Crippen MR) is 59.6 cm³/mol. The zero-order valence-electron chi connectivity index (χ0n) is 9.19. The van der Waals surface area contributed by atoms with Gasteiger partial charge in [0.15, 0.2) is 0 Å². The summed E-state index contributed by atoms with van der Waals surface area (Å²) in [6, 6.07) is 1.22. The van der Waals surface area contributed by atoms with Crippen molar-refractivity contribution in [2.45, 2.75) is 38.8 Å². The summed E-state index contributed by atoms with van der Waals surface area (Å²) in [7, 11) is 0. The van der Waals surface area contributed by atoms with Crippen LogP contribution in [0, 0.1) is 0 Å². The summed E-state index contributed by atoms with van der Waals surface area (Å²) >= 11 is 1.35. The van der Waals surface area contributed by atoms with Gasteiger partial charge in [-0.25, -0.2) is 0 Å². The molecule has 4 nitrogen and oxygen atoms in total. The van der Waals surface area contributed by atoms with E-state index < -0.39 is 11.6 Å². The normalized spacial score (nSPS) is 13.6. The quantitative estimate of drug-likeness (QED) is 0.793. The molecule has 0 bridgehead atoms. The summed E-state index contributed by atoms with van der Waals surface area (Å²) in [5.41, 5.74) is 6.05. The van der Waals surface area contributed by atoms with Gasteiger partial charge in [-0.05, 0) is 38.4 Å². The van der Waals surface area contributed by atoms with Crippen LogP contribution in [-0.2, 0) is 16.0 Å². The Morgan fingerprint density at radius 2 is 2.33 bits per heavy atom. The van der Waals surface area contributed by atoms with Gasteiger partial charge in [-0.1, -0.05) is 0 Å². The minimum absolute atomic E-state index is 0.379. The summed E-state index contributed by atoms with van der Waals surface area (Å²) in [5, 5.41) is 1.86. The lowest BCUT2D eigenvalue weighted by Gasteiger charge is -2.21. The third-order valence-corrected chi connectivity index (χ3v) is 2.23. The lowest BCUT2D eigenvalue weighted by molar-refractivity contribution is -0.156. The topological polar surface area (TPSA) is 65.2 Å². The summed E-state index contributed by atoms with van der Waals surface area (Å²) in [6.45, 7) is 5.46. The van der Waals surface area contributed by atoms with Gasteiger partial charge < -0.3 is 10.5 Å². The van der Waals surface area contributed by atoms with Crippen molar-refractivity contribution in [1.82, 2.24) is 4.37 Å². The number of nitrogens with zero attached hydrogens (tertiary/aromatic N) is 1. The van der Waals surface area contributed by atoms with Crippen LogP contribution in [0.4, 0.5) is 0 Å². The number of hydrogen-bond acceptors (Lipinski definition) is 5. The molecule has 0 aliphatic carbocycles. The molecular weight excluding hydrogens is 212 g/mol. The molecule has 1 rings (SSSR count). The first-order chi connectivity index (χ1) is 6.88.